The Balaban J connectivity index is 1.59. The van der Waals surface area contributed by atoms with Crippen molar-refractivity contribution in [1.82, 2.24) is 5.32 Å². The summed E-state index contributed by atoms with van der Waals surface area (Å²) in [6, 6.07) is 10.6. The molecule has 0 radical (unpaired) electrons. The molecule has 2 aromatic rings. The molecule has 1 fully saturated rings. The molecule has 0 aromatic heterocycles. The molecule has 0 bridgehead atoms. The number of nitrogens with one attached hydrogen (secondary N) is 2. The summed E-state index contributed by atoms with van der Waals surface area (Å²) in [5.74, 6) is -0.00970. The maximum absolute atomic E-state index is 13.8. The number of benzene rings is 2. The monoisotopic (exact) mass is 389 g/mol. The van der Waals surface area contributed by atoms with Gasteiger partial charge in [-0.15, -0.1) is 11.8 Å². The van der Waals surface area contributed by atoms with Gasteiger partial charge in [-0.3, -0.25) is 9.59 Å². The highest BCUT2D eigenvalue weighted by molar-refractivity contribution is 8.00. The average molecular weight is 389 g/mol. The standard InChI is InChI=1S/C19H20FN3O3S/c1-26-16-7-6-12(9-14(16)21)22-18(24)15-10-27-17(19(25)23-15)8-11-4-2-3-5-13(11)20/h2-7,9,15,17H,8,10,21H2,1H3,(H,22,24)(H,23,25). The van der Waals surface area contributed by atoms with Gasteiger partial charge in [0.25, 0.3) is 0 Å². The van der Waals surface area contributed by atoms with E-state index in [-0.39, 0.29) is 24.1 Å². The predicted molar refractivity (Wildman–Crippen MR) is 104 cm³/mol. The van der Waals surface area contributed by atoms with Gasteiger partial charge in [-0.2, -0.15) is 0 Å². The molecule has 2 atom stereocenters. The molecule has 1 saturated heterocycles. The topological polar surface area (TPSA) is 93.4 Å². The predicted octanol–water partition coefficient (Wildman–Crippen LogP) is 2.20. The van der Waals surface area contributed by atoms with E-state index >= 15 is 0 Å². The summed E-state index contributed by atoms with van der Waals surface area (Å²) in [4.78, 5) is 24.8. The highest BCUT2D eigenvalue weighted by Gasteiger charge is 2.32. The Morgan fingerprint density at radius 2 is 2.15 bits per heavy atom. The summed E-state index contributed by atoms with van der Waals surface area (Å²) >= 11 is 1.35. The number of carbonyl (C=O) groups excluding carboxylic acids is 2. The molecule has 1 aliphatic rings. The lowest BCUT2D eigenvalue weighted by Crippen LogP contribution is -2.52. The Kier molecular flexibility index (Phi) is 5.85. The molecule has 0 spiro atoms. The van der Waals surface area contributed by atoms with Gasteiger partial charge in [0.15, 0.2) is 0 Å². The summed E-state index contributed by atoms with van der Waals surface area (Å²) in [6.45, 7) is 0. The van der Waals surface area contributed by atoms with Gasteiger partial charge in [0.05, 0.1) is 18.0 Å². The molecule has 8 heteroatoms. The Bertz CT molecular complexity index is 862. The van der Waals surface area contributed by atoms with Gasteiger partial charge >= 0.3 is 0 Å². The van der Waals surface area contributed by atoms with Gasteiger partial charge in [-0.25, -0.2) is 4.39 Å². The van der Waals surface area contributed by atoms with Crippen molar-refractivity contribution in [1.29, 1.82) is 0 Å². The second-order valence-corrected chi connectivity index (χ2v) is 7.36. The lowest BCUT2D eigenvalue weighted by atomic mass is 10.1. The molecule has 1 aliphatic heterocycles. The van der Waals surface area contributed by atoms with E-state index in [0.717, 1.165) is 0 Å². The van der Waals surface area contributed by atoms with Crippen LogP contribution in [0.3, 0.4) is 0 Å². The van der Waals surface area contributed by atoms with E-state index < -0.39 is 11.3 Å². The lowest BCUT2D eigenvalue weighted by Gasteiger charge is -2.28. The van der Waals surface area contributed by atoms with Crippen LogP contribution in [0.1, 0.15) is 5.56 Å². The fraction of sp³-hybridized carbons (Fsp3) is 0.263. The molecule has 1 heterocycles. The van der Waals surface area contributed by atoms with Crippen molar-refractivity contribution in [2.75, 3.05) is 23.9 Å². The largest absolute Gasteiger partial charge is 0.495 e. The van der Waals surface area contributed by atoms with Gasteiger partial charge in [0.2, 0.25) is 11.8 Å². The number of anilines is 2. The maximum Gasteiger partial charge on any atom is 0.247 e. The molecule has 2 aromatic carbocycles. The molecule has 0 saturated carbocycles. The average Bonchev–Trinajstić information content (AvgIpc) is 2.65. The first kappa shape index (κ1) is 19.0. The zero-order chi connectivity index (χ0) is 19.4. The number of ether oxygens (including phenoxy) is 1. The Hall–Kier alpha value is -2.74. The zero-order valence-corrected chi connectivity index (χ0v) is 15.5. The summed E-state index contributed by atoms with van der Waals surface area (Å²) in [6.07, 6.45) is 0.284. The maximum atomic E-state index is 13.8. The second kappa shape index (κ2) is 8.30. The number of hydrogen-bond donors (Lipinski definition) is 3. The summed E-state index contributed by atoms with van der Waals surface area (Å²) < 4.78 is 18.9. The minimum atomic E-state index is -0.664. The number of carbonyl (C=O) groups is 2. The lowest BCUT2D eigenvalue weighted by molar-refractivity contribution is -0.126. The highest BCUT2D eigenvalue weighted by atomic mass is 32.2. The van der Waals surface area contributed by atoms with Crippen molar-refractivity contribution in [2.24, 2.45) is 0 Å². The quantitative estimate of drug-likeness (QED) is 0.682. The molecular weight excluding hydrogens is 369 g/mol. The molecule has 0 aliphatic carbocycles. The number of halogens is 1. The highest BCUT2D eigenvalue weighted by Crippen LogP contribution is 2.26. The molecule has 4 N–H and O–H groups in total. The fourth-order valence-electron chi connectivity index (χ4n) is 2.79. The third-order valence-electron chi connectivity index (χ3n) is 4.25. The smallest absolute Gasteiger partial charge is 0.247 e. The number of methoxy groups -OCH3 is 1. The second-order valence-electron chi connectivity index (χ2n) is 6.12. The molecule has 6 nitrogen and oxygen atoms in total. The number of nitrogens with two attached hydrogens (primary N) is 1. The van der Waals surface area contributed by atoms with Crippen molar-refractivity contribution in [3.8, 4) is 5.75 Å². The van der Waals surface area contributed by atoms with Gasteiger partial charge < -0.3 is 21.1 Å². The van der Waals surface area contributed by atoms with Crippen LogP contribution < -0.4 is 21.1 Å². The van der Waals surface area contributed by atoms with Crippen LogP contribution in [0.25, 0.3) is 0 Å². The van der Waals surface area contributed by atoms with Crippen molar-refractivity contribution >= 4 is 35.0 Å². The number of hydrogen-bond acceptors (Lipinski definition) is 5. The zero-order valence-electron chi connectivity index (χ0n) is 14.7. The van der Waals surface area contributed by atoms with Crippen molar-refractivity contribution < 1.29 is 18.7 Å². The van der Waals surface area contributed by atoms with Gasteiger partial charge in [0, 0.05) is 11.4 Å². The first-order valence-electron chi connectivity index (χ1n) is 8.37. The third kappa shape index (κ3) is 4.51. The minimum absolute atomic E-state index is 0.274. The van der Waals surface area contributed by atoms with Crippen LogP contribution in [-0.4, -0.2) is 36.0 Å². The van der Waals surface area contributed by atoms with Crippen molar-refractivity contribution in [3.05, 3.63) is 53.8 Å². The number of rotatable bonds is 5. The first-order valence-corrected chi connectivity index (χ1v) is 9.42. The van der Waals surface area contributed by atoms with E-state index in [1.165, 1.54) is 24.9 Å². The van der Waals surface area contributed by atoms with Gasteiger partial charge in [-0.1, -0.05) is 18.2 Å². The Morgan fingerprint density at radius 3 is 2.81 bits per heavy atom. The summed E-state index contributed by atoms with van der Waals surface area (Å²) in [5, 5.41) is 5.02. The number of nitrogen functional groups attached to an aromatic ring is 1. The van der Waals surface area contributed by atoms with Crippen molar-refractivity contribution in [2.45, 2.75) is 17.7 Å². The van der Waals surface area contributed by atoms with Crippen LogP contribution in [0.15, 0.2) is 42.5 Å². The fourth-order valence-corrected chi connectivity index (χ4v) is 3.97. The Morgan fingerprint density at radius 1 is 1.37 bits per heavy atom. The van der Waals surface area contributed by atoms with Crippen LogP contribution in [0.2, 0.25) is 0 Å². The van der Waals surface area contributed by atoms with Crippen LogP contribution in [-0.2, 0) is 16.0 Å². The number of amides is 2. The molecule has 142 valence electrons. The number of thioether (sulfide) groups is 1. The van der Waals surface area contributed by atoms with E-state index in [2.05, 4.69) is 10.6 Å². The van der Waals surface area contributed by atoms with Crippen LogP contribution in [0, 0.1) is 5.82 Å². The van der Waals surface area contributed by atoms with Crippen molar-refractivity contribution in [3.63, 3.8) is 0 Å². The van der Waals surface area contributed by atoms with Crippen LogP contribution >= 0.6 is 11.8 Å². The minimum Gasteiger partial charge on any atom is -0.495 e. The SMILES string of the molecule is COc1ccc(NC(=O)C2CSC(Cc3ccccc3F)C(=O)N2)cc1N. The van der Waals surface area contributed by atoms with Crippen LogP contribution in [0.5, 0.6) is 5.75 Å². The van der Waals surface area contributed by atoms with E-state index in [9.17, 15) is 14.0 Å². The summed E-state index contributed by atoms with van der Waals surface area (Å²) in [5.41, 5.74) is 7.24. The van der Waals surface area contributed by atoms with E-state index in [1.807, 2.05) is 0 Å². The van der Waals surface area contributed by atoms with Gasteiger partial charge in [0.1, 0.15) is 17.6 Å². The van der Waals surface area contributed by atoms with E-state index in [0.29, 0.717) is 28.4 Å². The molecule has 2 amide bonds. The first-order chi connectivity index (χ1) is 13.0. The molecule has 2 unspecified atom stereocenters. The normalized spacial score (nSPS) is 19.3. The molecule has 3 rings (SSSR count). The summed E-state index contributed by atoms with van der Waals surface area (Å²) in [7, 11) is 1.51. The Labute approximate surface area is 160 Å². The van der Waals surface area contributed by atoms with Crippen LogP contribution in [0.4, 0.5) is 15.8 Å². The molecule has 27 heavy (non-hydrogen) atoms. The third-order valence-corrected chi connectivity index (χ3v) is 5.56. The van der Waals surface area contributed by atoms with Gasteiger partial charge in [-0.05, 0) is 36.2 Å². The van der Waals surface area contributed by atoms with E-state index in [4.69, 9.17) is 10.5 Å². The van der Waals surface area contributed by atoms with E-state index in [1.54, 1.807) is 36.4 Å². The molecular formula is C19H20FN3O3S.